The third-order valence-corrected chi connectivity index (χ3v) is 5.60. The molecule has 0 aromatic heterocycles. The summed E-state index contributed by atoms with van der Waals surface area (Å²) in [4.78, 5) is 0. The van der Waals surface area contributed by atoms with Crippen LogP contribution in [0.1, 0.15) is 46.0 Å². The van der Waals surface area contributed by atoms with Crippen molar-refractivity contribution in [2.45, 2.75) is 46.0 Å². The first-order chi connectivity index (χ1) is 7.75. The maximum atomic E-state index is 5.66. The third-order valence-electron chi connectivity index (χ3n) is 5.60. The highest BCUT2D eigenvalue weighted by Gasteiger charge is 2.57. The number of fused-ring (bicyclic) bond motifs is 3. The molecule has 0 amide bonds. The van der Waals surface area contributed by atoms with Gasteiger partial charge in [-0.1, -0.05) is 25.5 Å². The van der Waals surface area contributed by atoms with Gasteiger partial charge in [0.15, 0.2) is 0 Å². The smallest absolute Gasteiger partial charge is 0.0471 e. The molecule has 1 nitrogen and oxygen atoms in total. The standard InChI is InChI=1S/C15H24O/c1-3-4-11-9-14-13(11)10-12-5-7-16-8-6-15(12,14)2/h4,12-14H,3,5-10H2,1-2H3/b11-4-. The molecule has 1 heterocycles. The van der Waals surface area contributed by atoms with Crippen LogP contribution >= 0.6 is 0 Å². The van der Waals surface area contributed by atoms with Crippen molar-refractivity contribution in [1.29, 1.82) is 0 Å². The largest absolute Gasteiger partial charge is 0.381 e. The molecule has 0 N–H and O–H groups in total. The molecule has 0 bridgehead atoms. The lowest BCUT2D eigenvalue weighted by Crippen LogP contribution is -2.36. The molecule has 0 aromatic rings. The van der Waals surface area contributed by atoms with E-state index in [4.69, 9.17) is 4.74 Å². The summed E-state index contributed by atoms with van der Waals surface area (Å²) in [6, 6.07) is 0. The molecular formula is C15H24O. The normalized spacial score (nSPS) is 49.4. The van der Waals surface area contributed by atoms with Gasteiger partial charge >= 0.3 is 0 Å². The quantitative estimate of drug-likeness (QED) is 0.611. The Bertz CT molecular complexity index is 307. The molecule has 0 radical (unpaired) electrons. The molecule has 2 saturated carbocycles. The molecule has 1 aliphatic heterocycles. The van der Waals surface area contributed by atoms with Crippen LogP contribution in [0.25, 0.3) is 0 Å². The van der Waals surface area contributed by atoms with E-state index < -0.39 is 0 Å². The molecule has 0 spiro atoms. The van der Waals surface area contributed by atoms with Crippen molar-refractivity contribution in [3.05, 3.63) is 11.6 Å². The van der Waals surface area contributed by atoms with Crippen molar-refractivity contribution in [3.8, 4) is 0 Å². The van der Waals surface area contributed by atoms with Crippen LogP contribution in [0.5, 0.6) is 0 Å². The van der Waals surface area contributed by atoms with Gasteiger partial charge in [-0.05, 0) is 55.3 Å². The van der Waals surface area contributed by atoms with Gasteiger partial charge in [-0.15, -0.1) is 0 Å². The summed E-state index contributed by atoms with van der Waals surface area (Å²) in [6.45, 7) is 6.82. The number of allylic oxidation sites excluding steroid dienone is 2. The molecular weight excluding hydrogens is 196 g/mol. The van der Waals surface area contributed by atoms with E-state index in [1.165, 1.54) is 32.1 Å². The Morgan fingerprint density at radius 3 is 3.12 bits per heavy atom. The molecule has 3 fully saturated rings. The maximum Gasteiger partial charge on any atom is 0.0471 e. The summed E-state index contributed by atoms with van der Waals surface area (Å²) in [7, 11) is 0. The van der Waals surface area contributed by atoms with Gasteiger partial charge in [-0.25, -0.2) is 0 Å². The van der Waals surface area contributed by atoms with E-state index in [2.05, 4.69) is 19.9 Å². The van der Waals surface area contributed by atoms with Crippen LogP contribution in [-0.4, -0.2) is 13.2 Å². The zero-order valence-corrected chi connectivity index (χ0v) is 10.7. The van der Waals surface area contributed by atoms with E-state index >= 15 is 0 Å². The Morgan fingerprint density at radius 1 is 1.44 bits per heavy atom. The lowest BCUT2D eigenvalue weighted by atomic mass is 9.60. The number of hydrogen-bond acceptors (Lipinski definition) is 1. The van der Waals surface area contributed by atoms with Crippen molar-refractivity contribution < 1.29 is 4.74 Å². The lowest BCUT2D eigenvalue weighted by molar-refractivity contribution is 0.0883. The van der Waals surface area contributed by atoms with Gasteiger partial charge in [0.25, 0.3) is 0 Å². The van der Waals surface area contributed by atoms with Crippen molar-refractivity contribution in [3.63, 3.8) is 0 Å². The maximum absolute atomic E-state index is 5.66. The number of hydrogen-bond donors (Lipinski definition) is 0. The van der Waals surface area contributed by atoms with Crippen molar-refractivity contribution in [2.75, 3.05) is 13.2 Å². The molecule has 16 heavy (non-hydrogen) atoms. The minimum atomic E-state index is 0.603. The summed E-state index contributed by atoms with van der Waals surface area (Å²) < 4.78 is 5.66. The second kappa shape index (κ2) is 3.87. The lowest BCUT2D eigenvalue weighted by Gasteiger charge is -2.44. The van der Waals surface area contributed by atoms with Crippen LogP contribution in [0.2, 0.25) is 0 Å². The van der Waals surface area contributed by atoms with Gasteiger partial charge in [-0.2, -0.15) is 0 Å². The van der Waals surface area contributed by atoms with E-state index in [-0.39, 0.29) is 0 Å². The van der Waals surface area contributed by atoms with Crippen LogP contribution in [0, 0.1) is 23.2 Å². The van der Waals surface area contributed by atoms with Crippen molar-refractivity contribution >= 4 is 0 Å². The topological polar surface area (TPSA) is 9.23 Å². The summed E-state index contributed by atoms with van der Waals surface area (Å²) in [5.41, 5.74) is 2.38. The van der Waals surface area contributed by atoms with Gasteiger partial charge in [0, 0.05) is 13.2 Å². The van der Waals surface area contributed by atoms with Crippen molar-refractivity contribution in [2.24, 2.45) is 23.2 Å². The van der Waals surface area contributed by atoms with Gasteiger partial charge in [0.1, 0.15) is 0 Å². The van der Waals surface area contributed by atoms with Gasteiger partial charge in [0.05, 0.1) is 0 Å². The molecule has 3 rings (SSSR count). The Morgan fingerprint density at radius 2 is 2.31 bits per heavy atom. The molecule has 3 aliphatic rings. The van der Waals surface area contributed by atoms with E-state index in [1.807, 2.05) is 0 Å². The molecule has 4 atom stereocenters. The molecule has 1 heteroatoms. The summed E-state index contributed by atoms with van der Waals surface area (Å²) >= 11 is 0. The summed E-state index contributed by atoms with van der Waals surface area (Å²) in [5, 5.41) is 0. The SMILES string of the molecule is CC/C=C1/CC2C1CC1CCOCCC12C. The van der Waals surface area contributed by atoms with Gasteiger partial charge < -0.3 is 4.74 Å². The van der Waals surface area contributed by atoms with E-state index in [1.54, 1.807) is 5.57 Å². The zero-order chi connectivity index (χ0) is 11.2. The minimum Gasteiger partial charge on any atom is -0.381 e. The number of rotatable bonds is 1. The first-order valence-corrected chi connectivity index (χ1v) is 7.02. The van der Waals surface area contributed by atoms with Crippen LogP contribution in [0.3, 0.4) is 0 Å². The Balaban J connectivity index is 1.80. The number of ether oxygens (including phenoxy) is 1. The minimum absolute atomic E-state index is 0.603. The van der Waals surface area contributed by atoms with E-state index in [0.29, 0.717) is 5.41 Å². The fraction of sp³-hybridized carbons (Fsp3) is 0.867. The van der Waals surface area contributed by atoms with Gasteiger partial charge in [-0.3, -0.25) is 0 Å². The average Bonchev–Trinajstić information content (AvgIpc) is 2.40. The molecule has 4 unspecified atom stereocenters. The molecule has 1 saturated heterocycles. The van der Waals surface area contributed by atoms with Crippen molar-refractivity contribution in [1.82, 2.24) is 0 Å². The Kier molecular flexibility index (Phi) is 2.62. The predicted molar refractivity (Wildman–Crippen MR) is 66.2 cm³/mol. The zero-order valence-electron chi connectivity index (χ0n) is 10.7. The second-order valence-electron chi connectivity index (χ2n) is 6.19. The molecule has 0 aromatic carbocycles. The first kappa shape index (κ1) is 10.8. The summed E-state index contributed by atoms with van der Waals surface area (Å²) in [6.07, 6.45) is 9.18. The highest BCUT2D eigenvalue weighted by Crippen LogP contribution is 2.65. The highest BCUT2D eigenvalue weighted by atomic mass is 16.5. The molecule has 2 aliphatic carbocycles. The van der Waals surface area contributed by atoms with Gasteiger partial charge in [0.2, 0.25) is 0 Å². The first-order valence-electron chi connectivity index (χ1n) is 7.02. The highest BCUT2D eigenvalue weighted by molar-refractivity contribution is 5.25. The molecule has 90 valence electrons. The predicted octanol–water partition coefficient (Wildman–Crippen LogP) is 3.80. The second-order valence-corrected chi connectivity index (χ2v) is 6.19. The monoisotopic (exact) mass is 220 g/mol. The van der Waals surface area contributed by atoms with Crippen LogP contribution < -0.4 is 0 Å². The van der Waals surface area contributed by atoms with E-state index in [9.17, 15) is 0 Å². The fourth-order valence-electron chi connectivity index (χ4n) is 4.49. The van der Waals surface area contributed by atoms with Crippen LogP contribution in [-0.2, 0) is 4.74 Å². The van der Waals surface area contributed by atoms with Crippen LogP contribution in [0.4, 0.5) is 0 Å². The third kappa shape index (κ3) is 1.40. The average molecular weight is 220 g/mol. The Labute approximate surface area is 99.3 Å². The fourth-order valence-corrected chi connectivity index (χ4v) is 4.49. The van der Waals surface area contributed by atoms with E-state index in [0.717, 1.165) is 31.0 Å². The van der Waals surface area contributed by atoms with Crippen LogP contribution in [0.15, 0.2) is 11.6 Å². The Hall–Kier alpha value is -0.300. The summed E-state index contributed by atoms with van der Waals surface area (Å²) in [5.74, 6) is 2.87.